The highest BCUT2D eigenvalue weighted by Crippen LogP contribution is 2.16. The van der Waals surface area contributed by atoms with Crippen molar-refractivity contribution in [1.29, 1.82) is 0 Å². The van der Waals surface area contributed by atoms with Gasteiger partial charge in [-0.1, -0.05) is 237 Å². The Morgan fingerprint density at radius 1 is 0.450 bits per heavy atom. The number of aliphatic hydroxyl groups is 2. The van der Waals surface area contributed by atoms with Crippen molar-refractivity contribution in [1.82, 2.24) is 5.32 Å². The Bertz CT molecular complexity index is 935. The van der Waals surface area contributed by atoms with Gasteiger partial charge in [0.05, 0.1) is 25.4 Å². The average molecular weight is 846 g/mol. The third-order valence-electron chi connectivity index (χ3n) is 12.2. The van der Waals surface area contributed by atoms with E-state index in [4.69, 9.17) is 4.74 Å². The van der Waals surface area contributed by atoms with Crippen LogP contribution in [0.15, 0.2) is 24.3 Å². The zero-order chi connectivity index (χ0) is 43.7. The van der Waals surface area contributed by atoms with Gasteiger partial charge in [-0.2, -0.15) is 0 Å². The lowest BCUT2D eigenvalue weighted by molar-refractivity contribution is -0.143. The Kier molecular flexibility index (Phi) is 48.6. The number of carbonyl (C=O) groups excluding carboxylic acids is 2. The number of hydrogen-bond acceptors (Lipinski definition) is 5. The maximum absolute atomic E-state index is 12.4. The van der Waals surface area contributed by atoms with E-state index in [0.717, 1.165) is 51.4 Å². The Balaban J connectivity index is 3.42. The van der Waals surface area contributed by atoms with Gasteiger partial charge >= 0.3 is 5.97 Å². The van der Waals surface area contributed by atoms with E-state index in [1.807, 2.05) is 6.08 Å². The first kappa shape index (κ1) is 58.3. The van der Waals surface area contributed by atoms with Crippen molar-refractivity contribution in [2.24, 2.45) is 0 Å². The Labute approximate surface area is 373 Å². The molecular weight excluding hydrogens is 743 g/mol. The van der Waals surface area contributed by atoms with Crippen molar-refractivity contribution in [2.75, 3.05) is 13.2 Å². The molecule has 0 radical (unpaired) electrons. The molecule has 2 unspecified atom stereocenters. The first-order valence-corrected chi connectivity index (χ1v) is 26.6. The summed E-state index contributed by atoms with van der Waals surface area (Å²) in [7, 11) is 0. The number of aliphatic hydroxyl groups excluding tert-OH is 2. The quantitative estimate of drug-likeness (QED) is 0.0322. The van der Waals surface area contributed by atoms with E-state index in [1.54, 1.807) is 6.08 Å². The minimum Gasteiger partial charge on any atom is -0.466 e. The highest BCUT2D eigenvalue weighted by atomic mass is 16.5. The van der Waals surface area contributed by atoms with Crippen LogP contribution in [0.4, 0.5) is 0 Å². The van der Waals surface area contributed by atoms with Crippen molar-refractivity contribution >= 4 is 11.9 Å². The van der Waals surface area contributed by atoms with Crippen molar-refractivity contribution in [3.63, 3.8) is 0 Å². The number of rotatable bonds is 49. The third kappa shape index (κ3) is 45.9. The van der Waals surface area contributed by atoms with Crippen LogP contribution in [-0.4, -0.2) is 47.4 Å². The normalized spacial score (nSPS) is 12.8. The summed E-state index contributed by atoms with van der Waals surface area (Å²) in [5, 5.41) is 22.9. The van der Waals surface area contributed by atoms with E-state index in [0.29, 0.717) is 19.4 Å². The zero-order valence-electron chi connectivity index (χ0n) is 40.2. The number of ether oxygens (including phenoxy) is 1. The predicted octanol–water partition coefficient (Wildman–Crippen LogP) is 15.9. The molecule has 60 heavy (non-hydrogen) atoms. The molecule has 3 N–H and O–H groups in total. The molecule has 0 aliphatic heterocycles. The largest absolute Gasteiger partial charge is 0.466 e. The molecule has 0 bridgehead atoms. The van der Waals surface area contributed by atoms with Gasteiger partial charge in [-0.3, -0.25) is 9.59 Å². The van der Waals surface area contributed by atoms with Crippen molar-refractivity contribution in [2.45, 2.75) is 296 Å². The molecule has 6 heteroatoms. The zero-order valence-corrected chi connectivity index (χ0v) is 40.2. The van der Waals surface area contributed by atoms with E-state index in [9.17, 15) is 19.8 Å². The fraction of sp³-hybridized carbons (Fsp3) is 0.889. The molecule has 1 amide bonds. The van der Waals surface area contributed by atoms with Gasteiger partial charge in [0.2, 0.25) is 5.91 Å². The van der Waals surface area contributed by atoms with Crippen LogP contribution in [-0.2, 0) is 14.3 Å². The molecule has 0 saturated carbocycles. The van der Waals surface area contributed by atoms with Crippen molar-refractivity contribution < 1.29 is 24.5 Å². The van der Waals surface area contributed by atoms with Gasteiger partial charge in [-0.25, -0.2) is 0 Å². The third-order valence-corrected chi connectivity index (χ3v) is 12.2. The molecule has 0 aromatic rings. The van der Waals surface area contributed by atoms with Gasteiger partial charge in [0.1, 0.15) is 0 Å². The summed E-state index contributed by atoms with van der Waals surface area (Å²) in [5.41, 5.74) is 0. The van der Waals surface area contributed by atoms with Crippen LogP contribution >= 0.6 is 0 Å². The first-order chi connectivity index (χ1) is 29.5. The number of hydrogen-bond donors (Lipinski definition) is 3. The molecule has 6 nitrogen and oxygen atoms in total. The van der Waals surface area contributed by atoms with Crippen LogP contribution in [0.1, 0.15) is 284 Å². The maximum Gasteiger partial charge on any atom is 0.305 e. The summed E-state index contributed by atoms with van der Waals surface area (Å²) in [4.78, 5) is 24.4. The summed E-state index contributed by atoms with van der Waals surface area (Å²) in [6.07, 6.45) is 59.1. The molecule has 0 saturated heterocycles. The number of carbonyl (C=O) groups is 2. The second-order valence-corrected chi connectivity index (χ2v) is 18.2. The molecule has 0 spiro atoms. The highest BCUT2D eigenvalue weighted by molar-refractivity contribution is 5.76. The molecular formula is C54H103NO5. The summed E-state index contributed by atoms with van der Waals surface area (Å²) in [6.45, 7) is 4.87. The fourth-order valence-corrected chi connectivity index (χ4v) is 8.10. The smallest absolute Gasteiger partial charge is 0.305 e. The molecule has 0 aromatic heterocycles. The second kappa shape index (κ2) is 50.0. The average Bonchev–Trinajstić information content (AvgIpc) is 3.25. The topological polar surface area (TPSA) is 95.9 Å². The lowest BCUT2D eigenvalue weighted by Gasteiger charge is -2.20. The predicted molar refractivity (Wildman–Crippen MR) is 260 cm³/mol. The molecule has 0 aromatic carbocycles. The van der Waals surface area contributed by atoms with Gasteiger partial charge in [0.15, 0.2) is 0 Å². The number of unbranched alkanes of at least 4 members (excludes halogenated alkanes) is 36. The Morgan fingerprint density at radius 2 is 0.783 bits per heavy atom. The van der Waals surface area contributed by atoms with Crippen LogP contribution in [0.25, 0.3) is 0 Å². The van der Waals surface area contributed by atoms with Crippen LogP contribution in [0.2, 0.25) is 0 Å². The number of allylic oxidation sites excluding steroid dienone is 3. The molecule has 0 rings (SSSR count). The Hall–Kier alpha value is -1.66. The van der Waals surface area contributed by atoms with E-state index in [-0.39, 0.29) is 18.5 Å². The number of nitrogens with one attached hydrogen (secondary N) is 1. The molecule has 354 valence electrons. The van der Waals surface area contributed by atoms with E-state index in [2.05, 4.69) is 31.3 Å². The monoisotopic (exact) mass is 846 g/mol. The SMILES string of the molecule is CCCCCCCCC/C=C/C(O)C(CO)NC(=O)CCCCCCCCC/C=C\CCCCCCCCCCOC(=O)CCCCCCCCCCCCCCCCC. The fourth-order valence-electron chi connectivity index (χ4n) is 8.10. The van der Waals surface area contributed by atoms with Gasteiger partial charge in [0.25, 0.3) is 0 Å². The van der Waals surface area contributed by atoms with Crippen LogP contribution in [0.3, 0.4) is 0 Å². The molecule has 2 atom stereocenters. The van der Waals surface area contributed by atoms with E-state index < -0.39 is 12.1 Å². The molecule has 0 fully saturated rings. The molecule has 0 aliphatic carbocycles. The first-order valence-electron chi connectivity index (χ1n) is 26.6. The standard InChI is InChI=1S/C54H103NO5/c1-3-5-7-9-11-13-14-15-21-25-28-32-36-40-44-48-54(59)60-49-45-41-37-33-29-26-23-20-18-16-17-19-22-24-27-31-35-39-43-47-53(58)55-51(50-56)52(57)46-42-38-34-30-12-10-8-6-4-2/h16-17,42,46,51-52,56-57H,3-15,18-41,43-45,47-50H2,1-2H3,(H,55,58)/b17-16-,46-42+. The van der Waals surface area contributed by atoms with Crippen LogP contribution < -0.4 is 5.32 Å². The van der Waals surface area contributed by atoms with Crippen LogP contribution in [0.5, 0.6) is 0 Å². The van der Waals surface area contributed by atoms with Crippen molar-refractivity contribution in [3.8, 4) is 0 Å². The molecule has 0 aliphatic rings. The minimum absolute atomic E-state index is 0.00557. The lowest BCUT2D eigenvalue weighted by atomic mass is 10.0. The Morgan fingerprint density at radius 3 is 1.18 bits per heavy atom. The van der Waals surface area contributed by atoms with Gasteiger partial charge in [-0.05, 0) is 57.8 Å². The van der Waals surface area contributed by atoms with E-state index >= 15 is 0 Å². The molecule has 0 heterocycles. The highest BCUT2D eigenvalue weighted by Gasteiger charge is 2.18. The van der Waals surface area contributed by atoms with Gasteiger partial charge in [0, 0.05) is 12.8 Å². The summed E-state index contributed by atoms with van der Waals surface area (Å²) in [5.74, 6) is -0.0748. The van der Waals surface area contributed by atoms with Crippen molar-refractivity contribution in [3.05, 3.63) is 24.3 Å². The summed E-state index contributed by atoms with van der Waals surface area (Å²) in [6, 6.07) is -0.632. The van der Waals surface area contributed by atoms with E-state index in [1.165, 1.54) is 205 Å². The van der Waals surface area contributed by atoms with Gasteiger partial charge in [-0.15, -0.1) is 0 Å². The number of amides is 1. The number of esters is 1. The van der Waals surface area contributed by atoms with Gasteiger partial charge < -0.3 is 20.3 Å². The summed E-state index contributed by atoms with van der Waals surface area (Å²) >= 11 is 0. The lowest BCUT2D eigenvalue weighted by Crippen LogP contribution is -2.45. The minimum atomic E-state index is -0.847. The second-order valence-electron chi connectivity index (χ2n) is 18.2. The van der Waals surface area contributed by atoms with Crippen LogP contribution in [0, 0.1) is 0 Å². The summed E-state index contributed by atoms with van der Waals surface area (Å²) < 4.78 is 5.47. The maximum atomic E-state index is 12.4.